The fraction of sp³-hybridized carbons (Fsp3) is 0.250. The summed E-state index contributed by atoms with van der Waals surface area (Å²) in [5, 5.41) is 17.9. The van der Waals surface area contributed by atoms with E-state index < -0.39 is 23.0 Å². The van der Waals surface area contributed by atoms with Gasteiger partial charge in [0.25, 0.3) is 0 Å². The molecule has 0 fully saturated rings. The molecule has 1 aromatic carbocycles. The lowest BCUT2D eigenvalue weighted by atomic mass is 10.1. The second-order valence-corrected chi connectivity index (χ2v) is 5.26. The predicted molar refractivity (Wildman–Crippen MR) is 71.1 cm³/mol. The number of hydrogen-bond donors (Lipinski definition) is 3. The summed E-state index contributed by atoms with van der Waals surface area (Å²) in [6.45, 7) is 1.50. The molecule has 0 saturated heterocycles. The van der Waals surface area contributed by atoms with Gasteiger partial charge < -0.3 is 15.9 Å². The molecule has 0 amide bonds. The first kappa shape index (κ1) is 13.6. The zero-order valence-electron chi connectivity index (χ0n) is 10.0. The zero-order chi connectivity index (χ0) is 14.2. The third-order valence-electron chi connectivity index (χ3n) is 2.63. The van der Waals surface area contributed by atoms with Crippen LogP contribution in [0.1, 0.15) is 6.92 Å². The van der Waals surface area contributed by atoms with Crippen LogP contribution in [0.25, 0.3) is 0 Å². The van der Waals surface area contributed by atoms with Gasteiger partial charge in [-0.25, -0.2) is 9.79 Å². The number of carboxylic acids is 1. The lowest BCUT2D eigenvalue weighted by molar-refractivity contribution is -0.130. The Kier molecular flexibility index (Phi) is 3.59. The number of nitrogens with zero attached hydrogens (tertiary/aromatic N) is 1. The number of thioether (sulfide) groups is 1. The summed E-state index contributed by atoms with van der Waals surface area (Å²) in [6, 6.07) is 3.91. The molecule has 19 heavy (non-hydrogen) atoms. The number of nitrogens with two attached hydrogens (primary N) is 1. The molecule has 0 aliphatic carbocycles. The number of aliphatic imine (C=N–C) groups is 1. The van der Waals surface area contributed by atoms with Crippen LogP contribution >= 0.6 is 11.8 Å². The van der Waals surface area contributed by atoms with Gasteiger partial charge in [0.1, 0.15) is 22.4 Å². The van der Waals surface area contributed by atoms with E-state index in [1.165, 1.54) is 13.0 Å². The second-order valence-electron chi connectivity index (χ2n) is 4.12. The van der Waals surface area contributed by atoms with E-state index in [1.807, 2.05) is 0 Å². The van der Waals surface area contributed by atoms with E-state index in [1.54, 1.807) is 12.1 Å². The number of phenolic OH excluding ortho intramolecular Hbond substituents is 1. The Morgan fingerprint density at radius 2 is 2.16 bits per heavy atom. The summed E-state index contributed by atoms with van der Waals surface area (Å²) in [7, 11) is 0. The molecular formula is C12H12N2O4S. The molecule has 4 N–H and O–H groups in total. The Labute approximate surface area is 113 Å². The van der Waals surface area contributed by atoms with E-state index in [2.05, 4.69) is 4.99 Å². The minimum atomic E-state index is -1.29. The molecule has 0 saturated carbocycles. The number of ketones is 1. The number of carbonyl (C=O) groups excluding carboxylic acids is 1. The summed E-state index contributed by atoms with van der Waals surface area (Å²) in [4.78, 5) is 27.6. The van der Waals surface area contributed by atoms with E-state index in [0.29, 0.717) is 4.90 Å². The number of carboxylic acid groups (broad SMARTS) is 1. The minimum absolute atomic E-state index is 0.115. The first-order chi connectivity index (χ1) is 8.91. The molecule has 100 valence electrons. The van der Waals surface area contributed by atoms with E-state index in [0.717, 1.165) is 11.8 Å². The fourth-order valence-electron chi connectivity index (χ4n) is 1.67. The van der Waals surface area contributed by atoms with Crippen molar-refractivity contribution in [3.63, 3.8) is 0 Å². The molecule has 1 aromatic rings. The number of aliphatic carboxylic acids is 1. The van der Waals surface area contributed by atoms with Crippen LogP contribution < -0.4 is 5.73 Å². The summed E-state index contributed by atoms with van der Waals surface area (Å²) in [6.07, 6.45) is 0. The molecule has 2 rings (SSSR count). The van der Waals surface area contributed by atoms with E-state index in [4.69, 9.17) is 10.8 Å². The number of para-hydroxylation sites is 1. The van der Waals surface area contributed by atoms with Gasteiger partial charge in [-0.3, -0.25) is 4.79 Å². The summed E-state index contributed by atoms with van der Waals surface area (Å²) >= 11 is 1.04. The molecule has 6 nitrogen and oxygen atoms in total. The molecule has 0 bridgehead atoms. The van der Waals surface area contributed by atoms with Gasteiger partial charge in [0.2, 0.25) is 0 Å². The molecule has 1 heterocycles. The summed E-state index contributed by atoms with van der Waals surface area (Å²) in [5.74, 6) is -1.81. The lowest BCUT2D eigenvalue weighted by Gasteiger charge is -2.22. The topological polar surface area (TPSA) is 113 Å². The van der Waals surface area contributed by atoms with Crippen LogP contribution in [0.15, 0.2) is 28.1 Å². The van der Waals surface area contributed by atoms with Crippen molar-refractivity contribution in [1.82, 2.24) is 0 Å². The Balaban J connectivity index is 2.52. The largest absolute Gasteiger partial charge is 0.506 e. The van der Waals surface area contributed by atoms with Gasteiger partial charge in [-0.05, 0) is 19.1 Å². The molecule has 1 unspecified atom stereocenters. The van der Waals surface area contributed by atoms with E-state index in [9.17, 15) is 14.7 Å². The highest BCUT2D eigenvalue weighted by molar-refractivity contribution is 8.01. The van der Waals surface area contributed by atoms with Crippen LogP contribution in [0.4, 0.5) is 5.69 Å². The third kappa shape index (κ3) is 2.47. The Morgan fingerprint density at radius 1 is 1.47 bits per heavy atom. The van der Waals surface area contributed by atoms with Crippen LogP contribution in [-0.4, -0.2) is 39.0 Å². The second kappa shape index (κ2) is 5.02. The normalized spacial score (nSPS) is 19.3. The number of phenols is 1. The van der Waals surface area contributed by atoms with Crippen LogP contribution in [0.5, 0.6) is 5.75 Å². The molecule has 2 atom stereocenters. The summed E-state index contributed by atoms with van der Waals surface area (Å²) in [5.41, 5.74) is 5.39. The molecule has 0 aromatic heterocycles. The Bertz CT molecular complexity index is 583. The number of hydrogen-bond acceptors (Lipinski definition) is 6. The molecule has 0 spiro atoms. The standard InChI is InChI=1S/C12H12N2O4S/c1-5(13)10(16)11-9(12(17)18)14-8-6(15)3-2-4-7(8)19-11/h2-5,11,15H,13H2,1H3,(H,17,18)/t5-,11?/m0/s1. The SMILES string of the molecule is C[C@H](N)C(=O)C1Sc2cccc(O)c2N=C1C(=O)O. The lowest BCUT2D eigenvalue weighted by Crippen LogP contribution is -2.42. The molecular weight excluding hydrogens is 268 g/mol. The maximum atomic E-state index is 12.0. The Hall–Kier alpha value is -1.86. The monoisotopic (exact) mass is 280 g/mol. The van der Waals surface area contributed by atoms with Gasteiger partial charge in [-0.15, -0.1) is 11.8 Å². The van der Waals surface area contributed by atoms with Gasteiger partial charge in [-0.1, -0.05) is 6.07 Å². The smallest absolute Gasteiger partial charge is 0.351 e. The van der Waals surface area contributed by atoms with Crippen LogP contribution in [-0.2, 0) is 9.59 Å². The molecule has 1 aliphatic rings. The number of benzene rings is 1. The van der Waals surface area contributed by atoms with Crippen molar-refractivity contribution in [1.29, 1.82) is 0 Å². The predicted octanol–water partition coefficient (Wildman–Crippen LogP) is 0.940. The van der Waals surface area contributed by atoms with E-state index in [-0.39, 0.29) is 17.1 Å². The highest BCUT2D eigenvalue weighted by atomic mass is 32.2. The number of rotatable bonds is 3. The van der Waals surface area contributed by atoms with E-state index >= 15 is 0 Å². The van der Waals surface area contributed by atoms with Crippen LogP contribution in [0.3, 0.4) is 0 Å². The van der Waals surface area contributed by atoms with Crippen molar-refractivity contribution in [3.8, 4) is 5.75 Å². The molecule has 0 radical (unpaired) electrons. The maximum Gasteiger partial charge on any atom is 0.351 e. The average Bonchev–Trinajstić information content (AvgIpc) is 2.36. The third-order valence-corrected chi connectivity index (χ3v) is 3.90. The first-order valence-corrected chi connectivity index (χ1v) is 6.39. The van der Waals surface area contributed by atoms with Crippen molar-refractivity contribution >= 4 is 34.9 Å². The van der Waals surface area contributed by atoms with Crippen LogP contribution in [0.2, 0.25) is 0 Å². The fourth-order valence-corrected chi connectivity index (χ4v) is 2.94. The highest BCUT2D eigenvalue weighted by Gasteiger charge is 2.36. The van der Waals surface area contributed by atoms with Crippen LogP contribution in [0, 0.1) is 0 Å². The number of fused-ring (bicyclic) bond motifs is 1. The number of aromatic hydroxyl groups is 1. The van der Waals surface area contributed by atoms with Gasteiger partial charge in [-0.2, -0.15) is 0 Å². The van der Waals surface area contributed by atoms with Crippen molar-refractivity contribution in [2.45, 2.75) is 23.1 Å². The van der Waals surface area contributed by atoms with Gasteiger partial charge in [0.05, 0.1) is 6.04 Å². The number of carbonyl (C=O) groups is 2. The van der Waals surface area contributed by atoms with Crippen molar-refractivity contribution in [3.05, 3.63) is 18.2 Å². The quantitative estimate of drug-likeness (QED) is 0.759. The van der Waals surface area contributed by atoms with Gasteiger partial charge in [0.15, 0.2) is 5.78 Å². The van der Waals surface area contributed by atoms with Crippen molar-refractivity contribution in [2.75, 3.05) is 0 Å². The average molecular weight is 280 g/mol. The van der Waals surface area contributed by atoms with Gasteiger partial charge >= 0.3 is 5.97 Å². The highest BCUT2D eigenvalue weighted by Crippen LogP contribution is 2.43. The molecule has 1 aliphatic heterocycles. The Morgan fingerprint density at radius 3 is 2.74 bits per heavy atom. The van der Waals surface area contributed by atoms with Crippen molar-refractivity contribution < 1.29 is 19.8 Å². The minimum Gasteiger partial charge on any atom is -0.506 e. The summed E-state index contributed by atoms with van der Waals surface area (Å²) < 4.78 is 0. The first-order valence-electron chi connectivity index (χ1n) is 5.51. The molecule has 7 heteroatoms. The van der Waals surface area contributed by atoms with Crippen molar-refractivity contribution in [2.24, 2.45) is 10.7 Å². The number of Topliss-reactive ketones (excluding diaryl/α,β-unsaturated/α-hetero) is 1. The maximum absolute atomic E-state index is 12.0. The van der Waals surface area contributed by atoms with Gasteiger partial charge in [0, 0.05) is 4.90 Å². The zero-order valence-corrected chi connectivity index (χ0v) is 10.8.